The monoisotopic (exact) mass is 423 g/mol. The number of benzene rings is 3. The van der Waals surface area contributed by atoms with E-state index in [2.05, 4.69) is 49.4 Å². The number of hydroxylamine groups is 1. The maximum Gasteiger partial charge on any atom is 0.188 e. The first kappa shape index (κ1) is 20.3. The highest BCUT2D eigenvalue weighted by molar-refractivity contribution is 6.03. The maximum atomic E-state index is 13.8. The number of anilines is 1. The summed E-state index contributed by atoms with van der Waals surface area (Å²) in [5.74, 6) is 0.665. The van der Waals surface area contributed by atoms with Gasteiger partial charge in [-0.2, -0.15) is 0 Å². The van der Waals surface area contributed by atoms with Crippen LogP contribution in [0.3, 0.4) is 0 Å². The van der Waals surface area contributed by atoms with Gasteiger partial charge >= 0.3 is 0 Å². The van der Waals surface area contributed by atoms with Crippen molar-refractivity contribution in [3.8, 4) is 5.75 Å². The van der Waals surface area contributed by atoms with Gasteiger partial charge in [0.15, 0.2) is 5.78 Å². The minimum atomic E-state index is -0.470. The predicted octanol–water partition coefficient (Wildman–Crippen LogP) is 5.64. The molecule has 160 valence electrons. The molecular formula is C28H25NO3. The van der Waals surface area contributed by atoms with E-state index in [1.165, 1.54) is 5.56 Å². The molecule has 1 aliphatic carbocycles. The summed E-state index contributed by atoms with van der Waals surface area (Å²) in [4.78, 5) is 20.1. The summed E-state index contributed by atoms with van der Waals surface area (Å²) >= 11 is 0. The lowest BCUT2D eigenvalue weighted by atomic mass is 9.86. The highest BCUT2D eigenvalue weighted by Gasteiger charge is 2.50. The number of hydrogen-bond acceptors (Lipinski definition) is 4. The second kappa shape index (κ2) is 8.48. The van der Waals surface area contributed by atoms with Gasteiger partial charge in [0.2, 0.25) is 0 Å². The number of methoxy groups -OCH3 is 1. The van der Waals surface area contributed by atoms with Gasteiger partial charge in [-0.1, -0.05) is 66.3 Å². The first-order valence-corrected chi connectivity index (χ1v) is 10.8. The summed E-state index contributed by atoms with van der Waals surface area (Å²) in [6.07, 6.45) is 6.12. The number of hydrogen-bond donors (Lipinski definition) is 0. The number of aryl methyl sites for hydroxylation is 1. The van der Waals surface area contributed by atoms with E-state index in [9.17, 15) is 4.79 Å². The van der Waals surface area contributed by atoms with Gasteiger partial charge < -0.3 is 4.74 Å². The molecule has 2 aliphatic rings. The van der Waals surface area contributed by atoms with Gasteiger partial charge in [-0.25, -0.2) is 5.06 Å². The summed E-state index contributed by atoms with van der Waals surface area (Å²) in [6.45, 7) is 2.08. The summed E-state index contributed by atoms with van der Waals surface area (Å²) in [7, 11) is 1.62. The quantitative estimate of drug-likeness (QED) is 0.498. The molecule has 1 aliphatic heterocycles. The van der Waals surface area contributed by atoms with Gasteiger partial charge in [-0.15, -0.1) is 0 Å². The lowest BCUT2D eigenvalue weighted by Gasteiger charge is -2.26. The van der Waals surface area contributed by atoms with Gasteiger partial charge in [0, 0.05) is 11.5 Å². The Morgan fingerprint density at radius 1 is 0.969 bits per heavy atom. The molecule has 0 N–H and O–H groups in total. The van der Waals surface area contributed by atoms with Gasteiger partial charge in [-0.05, 0) is 54.5 Å². The molecular weight excluding hydrogens is 398 g/mol. The Morgan fingerprint density at radius 2 is 1.69 bits per heavy atom. The highest BCUT2D eigenvalue weighted by Crippen LogP contribution is 2.43. The van der Waals surface area contributed by atoms with Gasteiger partial charge in [0.25, 0.3) is 0 Å². The molecule has 0 aromatic heterocycles. The Kier molecular flexibility index (Phi) is 5.38. The van der Waals surface area contributed by atoms with Crippen LogP contribution in [0.4, 0.5) is 5.69 Å². The molecule has 0 bridgehead atoms. The smallest absolute Gasteiger partial charge is 0.188 e. The number of fused-ring (bicyclic) bond motifs is 1. The molecule has 0 unspecified atom stereocenters. The molecule has 0 radical (unpaired) electrons. The van der Waals surface area contributed by atoms with Crippen LogP contribution in [-0.2, 0) is 4.84 Å². The average Bonchev–Trinajstić information content (AvgIpc) is 3.40. The van der Waals surface area contributed by atoms with Crippen molar-refractivity contribution in [3.63, 3.8) is 0 Å². The molecule has 3 aromatic rings. The molecule has 0 saturated carbocycles. The summed E-state index contributed by atoms with van der Waals surface area (Å²) < 4.78 is 5.26. The topological polar surface area (TPSA) is 38.8 Å². The molecule has 3 aromatic carbocycles. The summed E-state index contributed by atoms with van der Waals surface area (Å²) in [6, 6.07) is 25.1. The van der Waals surface area contributed by atoms with Crippen molar-refractivity contribution in [1.29, 1.82) is 0 Å². The lowest BCUT2D eigenvalue weighted by molar-refractivity contribution is 0.0885. The van der Waals surface area contributed by atoms with Crippen LogP contribution >= 0.6 is 0 Å². The number of Topliss-reactive ketones (excluding diaryl/α,β-unsaturated/α-hetero) is 1. The van der Waals surface area contributed by atoms with Crippen LogP contribution in [0.5, 0.6) is 5.75 Å². The van der Waals surface area contributed by atoms with Crippen LogP contribution in [0.1, 0.15) is 21.5 Å². The molecule has 1 heterocycles. The number of para-hydroxylation sites is 1. The minimum Gasteiger partial charge on any atom is -0.497 e. The maximum absolute atomic E-state index is 13.8. The first-order valence-electron chi connectivity index (χ1n) is 10.8. The van der Waals surface area contributed by atoms with E-state index >= 15 is 0 Å². The Hall–Kier alpha value is -3.63. The second-order valence-corrected chi connectivity index (χ2v) is 8.21. The largest absolute Gasteiger partial charge is 0.497 e. The van der Waals surface area contributed by atoms with Gasteiger partial charge in [0.05, 0.1) is 12.8 Å². The average molecular weight is 424 g/mol. The summed E-state index contributed by atoms with van der Waals surface area (Å²) in [5.41, 5.74) is 4.95. The SMILES string of the molecule is COc1ccc(C(=O)[C@@H]2[C@H]3/C(=C\c4ccc(C)cc4)C=C[C@H]3ON2c2ccccc2)cc1. The number of ether oxygens (including phenoxy) is 1. The van der Waals surface area contributed by atoms with E-state index in [4.69, 9.17) is 9.57 Å². The van der Waals surface area contributed by atoms with E-state index < -0.39 is 6.04 Å². The van der Waals surface area contributed by atoms with Crippen LogP contribution in [0.25, 0.3) is 6.08 Å². The number of rotatable bonds is 5. The van der Waals surface area contributed by atoms with Gasteiger partial charge in [0.1, 0.15) is 17.9 Å². The zero-order valence-corrected chi connectivity index (χ0v) is 18.1. The van der Waals surface area contributed by atoms with Crippen molar-refractivity contribution in [3.05, 3.63) is 113 Å². The molecule has 3 atom stereocenters. The van der Waals surface area contributed by atoms with Crippen molar-refractivity contribution >= 4 is 17.5 Å². The third kappa shape index (κ3) is 3.74. The van der Waals surface area contributed by atoms with Crippen molar-refractivity contribution in [2.24, 2.45) is 5.92 Å². The number of ketones is 1. The summed E-state index contributed by atoms with van der Waals surface area (Å²) in [5, 5.41) is 1.79. The molecule has 1 fully saturated rings. The first-order chi connectivity index (χ1) is 15.6. The van der Waals surface area contributed by atoms with Crippen molar-refractivity contribution in [1.82, 2.24) is 0 Å². The second-order valence-electron chi connectivity index (χ2n) is 8.21. The molecule has 0 amide bonds. The third-order valence-corrected chi connectivity index (χ3v) is 6.11. The van der Waals surface area contributed by atoms with Crippen molar-refractivity contribution < 1.29 is 14.4 Å². The van der Waals surface area contributed by atoms with Crippen LogP contribution in [-0.4, -0.2) is 25.0 Å². The van der Waals surface area contributed by atoms with Crippen LogP contribution in [0.15, 0.2) is 96.6 Å². The Labute approximate surface area is 188 Å². The number of nitrogens with zero attached hydrogens (tertiary/aromatic N) is 1. The molecule has 5 rings (SSSR count). The van der Waals surface area contributed by atoms with Crippen molar-refractivity contribution in [2.45, 2.75) is 19.1 Å². The van der Waals surface area contributed by atoms with Crippen LogP contribution < -0.4 is 9.80 Å². The molecule has 4 heteroatoms. The third-order valence-electron chi connectivity index (χ3n) is 6.11. The van der Waals surface area contributed by atoms with E-state index in [-0.39, 0.29) is 17.8 Å². The predicted molar refractivity (Wildman–Crippen MR) is 127 cm³/mol. The van der Waals surface area contributed by atoms with E-state index in [1.807, 2.05) is 54.6 Å². The molecule has 0 spiro atoms. The number of carbonyl (C=O) groups excluding carboxylic acids is 1. The van der Waals surface area contributed by atoms with E-state index in [1.54, 1.807) is 12.2 Å². The number of allylic oxidation sites excluding steroid dienone is 1. The Balaban J connectivity index is 1.54. The molecule has 32 heavy (non-hydrogen) atoms. The zero-order chi connectivity index (χ0) is 22.1. The lowest BCUT2D eigenvalue weighted by Crippen LogP contribution is -2.40. The van der Waals surface area contributed by atoms with Crippen LogP contribution in [0, 0.1) is 12.8 Å². The van der Waals surface area contributed by atoms with Crippen molar-refractivity contribution in [2.75, 3.05) is 12.2 Å². The fourth-order valence-corrected chi connectivity index (χ4v) is 4.42. The molecule has 1 saturated heterocycles. The fraction of sp³-hybridized carbons (Fsp3) is 0.179. The normalized spacial score (nSPS) is 22.9. The Bertz CT molecular complexity index is 1160. The fourth-order valence-electron chi connectivity index (χ4n) is 4.42. The van der Waals surface area contributed by atoms with E-state index in [0.717, 1.165) is 22.6 Å². The standard InChI is InChI=1S/C28H25NO3/c1-19-8-10-20(11-9-19)18-22-14-17-25-26(22)27(29(32-25)23-6-4-3-5-7-23)28(30)21-12-15-24(31-2)16-13-21/h3-18,25-27H,1-2H3/b22-18-/t25-,26+,27+/m1/s1. The Morgan fingerprint density at radius 3 is 2.38 bits per heavy atom. The van der Waals surface area contributed by atoms with Gasteiger partial charge in [-0.3, -0.25) is 9.63 Å². The van der Waals surface area contributed by atoms with Crippen LogP contribution in [0.2, 0.25) is 0 Å². The number of carbonyl (C=O) groups is 1. The zero-order valence-electron chi connectivity index (χ0n) is 18.1. The molecule has 4 nitrogen and oxygen atoms in total. The van der Waals surface area contributed by atoms with E-state index in [0.29, 0.717) is 5.56 Å². The highest BCUT2D eigenvalue weighted by atomic mass is 16.7. The minimum absolute atomic E-state index is 0.0301.